The Morgan fingerprint density at radius 2 is 2.18 bits per heavy atom. The number of carbonyl (C=O) groups excluding carboxylic acids is 1. The van der Waals surface area contributed by atoms with Crippen molar-refractivity contribution in [1.82, 2.24) is 0 Å². The number of aliphatic hydroxyl groups excluding tert-OH is 1. The Morgan fingerprint density at radius 3 is 2.55 bits per heavy atom. The van der Waals surface area contributed by atoms with Crippen LogP contribution in [0.15, 0.2) is 0 Å². The van der Waals surface area contributed by atoms with Gasteiger partial charge in [0.05, 0.1) is 12.7 Å². The van der Waals surface area contributed by atoms with Gasteiger partial charge in [0, 0.05) is 7.11 Å². The van der Waals surface area contributed by atoms with Gasteiger partial charge in [0.1, 0.15) is 0 Å². The third-order valence-corrected chi connectivity index (χ3v) is 1.34. The summed E-state index contributed by atoms with van der Waals surface area (Å²) in [6, 6.07) is 0. The Kier molecular flexibility index (Phi) is 4.81. The van der Waals surface area contributed by atoms with E-state index in [1.807, 2.05) is 0 Å². The predicted octanol–water partition coefficient (Wildman–Crippen LogP) is -0.0547. The van der Waals surface area contributed by atoms with Crippen LogP contribution in [0.5, 0.6) is 0 Å². The van der Waals surface area contributed by atoms with Gasteiger partial charge in [-0.2, -0.15) is 0 Å². The summed E-state index contributed by atoms with van der Waals surface area (Å²) in [6.07, 6.45) is -1.70. The highest BCUT2D eigenvalue weighted by Gasteiger charge is 2.22. The fraction of sp³-hybridized carbons (Fsp3) is 0.857. The number of methoxy groups -OCH3 is 1. The Hall–Kier alpha value is -0.610. The molecule has 0 aromatic heterocycles. The molecule has 0 fully saturated rings. The van der Waals surface area contributed by atoms with Crippen molar-refractivity contribution >= 4 is 5.97 Å². The van der Waals surface area contributed by atoms with E-state index in [2.05, 4.69) is 4.74 Å². The molecule has 0 heterocycles. The van der Waals surface area contributed by atoms with Crippen molar-refractivity contribution in [3.63, 3.8) is 0 Å². The zero-order chi connectivity index (χ0) is 8.85. The molecule has 0 spiro atoms. The molecule has 0 radical (unpaired) electrons. The van der Waals surface area contributed by atoms with E-state index >= 15 is 0 Å². The Bertz CT molecular complexity index is 124. The third-order valence-electron chi connectivity index (χ3n) is 1.34. The van der Waals surface area contributed by atoms with Crippen molar-refractivity contribution in [3.8, 4) is 0 Å². The molecule has 0 saturated carbocycles. The molecule has 0 aromatic carbocycles. The highest BCUT2D eigenvalue weighted by Crippen LogP contribution is 1.98. The molecule has 0 aliphatic carbocycles. The standard InChI is InChI=1S/C7H14O4/c1-4-11-7(9)6(8)5(2)10-3/h5-6,8H,4H2,1-3H3/t5-,6?/m1/s1. The summed E-state index contributed by atoms with van der Waals surface area (Å²) >= 11 is 0. The molecule has 0 saturated heterocycles. The van der Waals surface area contributed by atoms with E-state index in [1.54, 1.807) is 13.8 Å². The van der Waals surface area contributed by atoms with Crippen LogP contribution in [0.1, 0.15) is 13.8 Å². The van der Waals surface area contributed by atoms with Crippen LogP contribution >= 0.6 is 0 Å². The first-order chi connectivity index (χ1) is 5.13. The molecular weight excluding hydrogens is 148 g/mol. The second-order valence-corrected chi connectivity index (χ2v) is 2.14. The quantitative estimate of drug-likeness (QED) is 0.589. The van der Waals surface area contributed by atoms with Crippen molar-refractivity contribution in [3.05, 3.63) is 0 Å². The van der Waals surface area contributed by atoms with Gasteiger partial charge in [-0.25, -0.2) is 4.79 Å². The van der Waals surface area contributed by atoms with E-state index in [0.717, 1.165) is 0 Å². The fourth-order valence-corrected chi connectivity index (χ4v) is 0.548. The molecule has 0 rings (SSSR count). The molecule has 0 aliphatic rings. The summed E-state index contributed by atoms with van der Waals surface area (Å²) in [6.45, 7) is 3.55. The monoisotopic (exact) mass is 162 g/mol. The molecule has 0 aromatic rings. The third kappa shape index (κ3) is 3.34. The molecule has 1 unspecified atom stereocenters. The lowest BCUT2D eigenvalue weighted by atomic mass is 10.2. The number of hydrogen-bond acceptors (Lipinski definition) is 4. The largest absolute Gasteiger partial charge is 0.464 e. The van der Waals surface area contributed by atoms with Gasteiger partial charge in [0.15, 0.2) is 6.10 Å². The summed E-state index contributed by atoms with van der Waals surface area (Å²) in [5, 5.41) is 9.12. The van der Waals surface area contributed by atoms with Gasteiger partial charge < -0.3 is 14.6 Å². The van der Waals surface area contributed by atoms with Crippen LogP contribution in [-0.2, 0) is 14.3 Å². The topological polar surface area (TPSA) is 55.8 Å². The number of hydrogen-bond donors (Lipinski definition) is 1. The number of ether oxygens (including phenoxy) is 2. The smallest absolute Gasteiger partial charge is 0.337 e. The molecule has 4 nitrogen and oxygen atoms in total. The summed E-state index contributed by atoms with van der Waals surface area (Å²) in [4.78, 5) is 10.8. The average Bonchev–Trinajstić information content (AvgIpc) is 2.02. The lowest BCUT2D eigenvalue weighted by molar-refractivity contribution is -0.159. The highest BCUT2D eigenvalue weighted by atomic mass is 16.6. The lowest BCUT2D eigenvalue weighted by Gasteiger charge is -2.14. The highest BCUT2D eigenvalue weighted by molar-refractivity contribution is 5.74. The first-order valence-corrected chi connectivity index (χ1v) is 3.51. The molecule has 66 valence electrons. The molecule has 11 heavy (non-hydrogen) atoms. The Labute approximate surface area is 66.1 Å². The van der Waals surface area contributed by atoms with E-state index in [0.29, 0.717) is 0 Å². The second kappa shape index (κ2) is 5.09. The van der Waals surface area contributed by atoms with Crippen molar-refractivity contribution < 1.29 is 19.4 Å². The summed E-state index contributed by atoms with van der Waals surface area (Å²) in [7, 11) is 1.42. The van der Waals surface area contributed by atoms with E-state index in [4.69, 9.17) is 9.84 Å². The normalized spacial score (nSPS) is 15.6. The van der Waals surface area contributed by atoms with Crippen molar-refractivity contribution in [2.45, 2.75) is 26.1 Å². The maximum atomic E-state index is 10.8. The van der Waals surface area contributed by atoms with Crippen LogP contribution in [0, 0.1) is 0 Å². The van der Waals surface area contributed by atoms with Crippen LogP contribution in [-0.4, -0.2) is 37.0 Å². The lowest BCUT2D eigenvalue weighted by Crippen LogP contribution is -2.34. The van der Waals surface area contributed by atoms with Crippen molar-refractivity contribution in [2.75, 3.05) is 13.7 Å². The number of carbonyl (C=O) groups is 1. The summed E-state index contributed by atoms with van der Waals surface area (Å²) < 4.78 is 9.29. The number of esters is 1. The van der Waals surface area contributed by atoms with Crippen molar-refractivity contribution in [1.29, 1.82) is 0 Å². The van der Waals surface area contributed by atoms with E-state index < -0.39 is 18.2 Å². The van der Waals surface area contributed by atoms with E-state index in [-0.39, 0.29) is 6.61 Å². The van der Waals surface area contributed by atoms with Gasteiger partial charge in [0.25, 0.3) is 0 Å². The zero-order valence-electron chi connectivity index (χ0n) is 7.03. The van der Waals surface area contributed by atoms with Gasteiger partial charge in [0.2, 0.25) is 0 Å². The van der Waals surface area contributed by atoms with Gasteiger partial charge in [-0.15, -0.1) is 0 Å². The molecular formula is C7H14O4. The molecule has 0 aliphatic heterocycles. The fourth-order valence-electron chi connectivity index (χ4n) is 0.548. The maximum Gasteiger partial charge on any atom is 0.337 e. The number of aliphatic hydroxyl groups is 1. The van der Waals surface area contributed by atoms with Gasteiger partial charge in [-0.05, 0) is 13.8 Å². The average molecular weight is 162 g/mol. The van der Waals surface area contributed by atoms with E-state index in [1.165, 1.54) is 7.11 Å². The van der Waals surface area contributed by atoms with Crippen LogP contribution in [0.4, 0.5) is 0 Å². The number of rotatable bonds is 4. The zero-order valence-corrected chi connectivity index (χ0v) is 7.03. The van der Waals surface area contributed by atoms with Crippen LogP contribution < -0.4 is 0 Å². The Balaban J connectivity index is 3.80. The van der Waals surface area contributed by atoms with Crippen molar-refractivity contribution in [2.24, 2.45) is 0 Å². The van der Waals surface area contributed by atoms with Crippen LogP contribution in [0.3, 0.4) is 0 Å². The molecule has 2 atom stereocenters. The minimum atomic E-state index is -1.18. The van der Waals surface area contributed by atoms with Crippen LogP contribution in [0.25, 0.3) is 0 Å². The first kappa shape index (κ1) is 10.4. The predicted molar refractivity (Wildman–Crippen MR) is 39.1 cm³/mol. The minimum absolute atomic E-state index is 0.270. The molecule has 0 amide bonds. The molecule has 1 N–H and O–H groups in total. The summed E-state index contributed by atoms with van der Waals surface area (Å²) in [5.74, 6) is -0.637. The first-order valence-electron chi connectivity index (χ1n) is 3.51. The van der Waals surface area contributed by atoms with Gasteiger partial charge >= 0.3 is 5.97 Å². The Morgan fingerprint density at radius 1 is 1.64 bits per heavy atom. The maximum absolute atomic E-state index is 10.8. The van der Waals surface area contributed by atoms with E-state index in [9.17, 15) is 4.79 Å². The molecule has 4 heteroatoms. The van der Waals surface area contributed by atoms with Gasteiger partial charge in [-0.1, -0.05) is 0 Å². The minimum Gasteiger partial charge on any atom is -0.464 e. The van der Waals surface area contributed by atoms with Crippen LogP contribution in [0.2, 0.25) is 0 Å². The summed E-state index contributed by atoms with van der Waals surface area (Å²) in [5.41, 5.74) is 0. The SMILES string of the molecule is CCOC(=O)C(O)[C@@H](C)OC. The molecule has 0 bridgehead atoms. The van der Waals surface area contributed by atoms with Gasteiger partial charge in [-0.3, -0.25) is 0 Å². The second-order valence-electron chi connectivity index (χ2n) is 2.14.